The minimum Gasteiger partial charge on any atom is -0.310 e. The SMILES string of the molecule is Cc1nn(C)c(C)c1C(C)NCCc1ccn(C)n1. The van der Waals surface area contributed by atoms with Crippen LogP contribution in [0.15, 0.2) is 12.3 Å². The van der Waals surface area contributed by atoms with Gasteiger partial charge < -0.3 is 5.32 Å². The molecule has 0 fully saturated rings. The average molecular weight is 261 g/mol. The number of nitrogens with zero attached hydrogens (tertiary/aromatic N) is 4. The van der Waals surface area contributed by atoms with Gasteiger partial charge in [0.25, 0.3) is 0 Å². The van der Waals surface area contributed by atoms with Crippen molar-refractivity contribution in [1.29, 1.82) is 0 Å². The zero-order valence-corrected chi connectivity index (χ0v) is 12.4. The number of nitrogens with one attached hydrogen (secondary N) is 1. The van der Waals surface area contributed by atoms with Crippen LogP contribution in [0.2, 0.25) is 0 Å². The lowest BCUT2D eigenvalue weighted by Crippen LogP contribution is -2.22. The first-order valence-corrected chi connectivity index (χ1v) is 6.71. The fourth-order valence-corrected chi connectivity index (χ4v) is 2.53. The molecule has 2 rings (SSSR count). The molecule has 0 bridgehead atoms. The van der Waals surface area contributed by atoms with Crippen molar-refractivity contribution in [1.82, 2.24) is 24.9 Å². The summed E-state index contributed by atoms with van der Waals surface area (Å²) in [5, 5.41) is 12.4. The monoisotopic (exact) mass is 261 g/mol. The van der Waals surface area contributed by atoms with Gasteiger partial charge >= 0.3 is 0 Å². The third-order valence-electron chi connectivity index (χ3n) is 3.60. The normalized spacial score (nSPS) is 12.9. The van der Waals surface area contributed by atoms with Crippen molar-refractivity contribution in [2.24, 2.45) is 14.1 Å². The standard InChI is InChI=1S/C14H23N5/c1-10(14-11(2)16-19(5)12(14)3)15-8-6-13-7-9-18(4)17-13/h7,9-10,15H,6,8H2,1-5H3. The quantitative estimate of drug-likeness (QED) is 0.890. The molecule has 0 aliphatic heterocycles. The summed E-state index contributed by atoms with van der Waals surface area (Å²) in [4.78, 5) is 0. The summed E-state index contributed by atoms with van der Waals surface area (Å²) >= 11 is 0. The average Bonchev–Trinajstić information content (AvgIpc) is 2.84. The molecule has 5 nitrogen and oxygen atoms in total. The summed E-state index contributed by atoms with van der Waals surface area (Å²) in [5.41, 5.74) is 4.78. The first kappa shape index (κ1) is 13.8. The summed E-state index contributed by atoms with van der Waals surface area (Å²) in [7, 11) is 3.94. The molecule has 5 heteroatoms. The van der Waals surface area contributed by atoms with Crippen molar-refractivity contribution >= 4 is 0 Å². The molecule has 1 atom stereocenters. The van der Waals surface area contributed by atoms with Crippen LogP contribution in [0.1, 0.15) is 35.6 Å². The maximum atomic E-state index is 4.46. The molecule has 1 unspecified atom stereocenters. The lowest BCUT2D eigenvalue weighted by molar-refractivity contribution is 0.565. The fourth-order valence-electron chi connectivity index (χ4n) is 2.53. The zero-order chi connectivity index (χ0) is 14.0. The van der Waals surface area contributed by atoms with Crippen LogP contribution in [0.5, 0.6) is 0 Å². The molecule has 0 saturated heterocycles. The maximum absolute atomic E-state index is 4.46. The topological polar surface area (TPSA) is 47.7 Å². The Kier molecular flexibility index (Phi) is 4.04. The van der Waals surface area contributed by atoms with Crippen molar-refractivity contribution in [2.45, 2.75) is 33.2 Å². The predicted octanol–water partition coefficient (Wildman–Crippen LogP) is 1.66. The molecule has 0 radical (unpaired) electrons. The van der Waals surface area contributed by atoms with Crippen LogP contribution in [-0.4, -0.2) is 26.1 Å². The zero-order valence-electron chi connectivity index (χ0n) is 12.4. The minimum absolute atomic E-state index is 0.317. The molecular formula is C14H23N5. The maximum Gasteiger partial charge on any atom is 0.0644 e. The van der Waals surface area contributed by atoms with Gasteiger partial charge in [-0.05, 0) is 26.8 Å². The largest absolute Gasteiger partial charge is 0.310 e. The molecule has 0 aliphatic rings. The Labute approximate surface area is 114 Å². The van der Waals surface area contributed by atoms with Gasteiger partial charge in [0.05, 0.1) is 11.4 Å². The molecule has 0 aromatic carbocycles. The third-order valence-corrected chi connectivity index (χ3v) is 3.60. The molecule has 1 N–H and O–H groups in total. The van der Waals surface area contributed by atoms with Crippen LogP contribution >= 0.6 is 0 Å². The van der Waals surface area contributed by atoms with Crippen LogP contribution < -0.4 is 5.32 Å². The van der Waals surface area contributed by atoms with Gasteiger partial charge in [-0.25, -0.2) is 0 Å². The van der Waals surface area contributed by atoms with Crippen LogP contribution in [0.3, 0.4) is 0 Å². The number of hydrogen-bond acceptors (Lipinski definition) is 3. The van der Waals surface area contributed by atoms with Crippen LogP contribution in [0.4, 0.5) is 0 Å². The predicted molar refractivity (Wildman–Crippen MR) is 76.0 cm³/mol. The van der Waals surface area contributed by atoms with Crippen molar-refractivity contribution in [2.75, 3.05) is 6.54 Å². The highest BCUT2D eigenvalue weighted by Gasteiger charge is 2.15. The lowest BCUT2D eigenvalue weighted by Gasteiger charge is -2.14. The fraction of sp³-hybridized carbons (Fsp3) is 0.571. The number of hydrogen-bond donors (Lipinski definition) is 1. The van der Waals surface area contributed by atoms with E-state index in [1.165, 1.54) is 11.3 Å². The van der Waals surface area contributed by atoms with Gasteiger partial charge in [-0.3, -0.25) is 9.36 Å². The smallest absolute Gasteiger partial charge is 0.0644 e. The van der Waals surface area contributed by atoms with E-state index in [1.54, 1.807) is 0 Å². The Balaban J connectivity index is 1.92. The molecular weight excluding hydrogens is 238 g/mol. The molecule has 104 valence electrons. The molecule has 0 spiro atoms. The lowest BCUT2D eigenvalue weighted by atomic mass is 10.1. The summed E-state index contributed by atoms with van der Waals surface area (Å²) in [5.74, 6) is 0. The van der Waals surface area contributed by atoms with Gasteiger partial charge in [-0.15, -0.1) is 0 Å². The van der Waals surface area contributed by atoms with E-state index in [2.05, 4.69) is 42.4 Å². The van der Waals surface area contributed by atoms with E-state index in [4.69, 9.17) is 0 Å². The second-order valence-corrected chi connectivity index (χ2v) is 5.11. The molecule has 2 aromatic heterocycles. The van der Waals surface area contributed by atoms with E-state index in [1.807, 2.05) is 29.7 Å². The highest BCUT2D eigenvalue weighted by Crippen LogP contribution is 2.20. The van der Waals surface area contributed by atoms with Gasteiger partial charge in [0.2, 0.25) is 0 Å². The van der Waals surface area contributed by atoms with E-state index in [9.17, 15) is 0 Å². The van der Waals surface area contributed by atoms with Gasteiger partial charge in [0.1, 0.15) is 0 Å². The number of aryl methyl sites for hydroxylation is 3. The molecule has 19 heavy (non-hydrogen) atoms. The van der Waals surface area contributed by atoms with Gasteiger partial charge in [0, 0.05) is 50.6 Å². The van der Waals surface area contributed by atoms with E-state index in [0.717, 1.165) is 24.4 Å². The second kappa shape index (κ2) is 5.57. The van der Waals surface area contributed by atoms with Crippen LogP contribution in [-0.2, 0) is 20.5 Å². The van der Waals surface area contributed by atoms with Gasteiger partial charge in [-0.2, -0.15) is 10.2 Å². The van der Waals surface area contributed by atoms with E-state index in [0.29, 0.717) is 6.04 Å². The molecule has 2 aromatic rings. The number of aromatic nitrogens is 4. The summed E-state index contributed by atoms with van der Waals surface area (Å²) in [6, 6.07) is 2.38. The van der Waals surface area contributed by atoms with Crippen LogP contribution in [0, 0.1) is 13.8 Å². The van der Waals surface area contributed by atoms with Crippen LogP contribution in [0.25, 0.3) is 0 Å². The Morgan fingerprint density at radius 1 is 1.26 bits per heavy atom. The molecule has 2 heterocycles. The summed E-state index contributed by atoms with van der Waals surface area (Å²) in [6.45, 7) is 7.30. The minimum atomic E-state index is 0.317. The van der Waals surface area contributed by atoms with E-state index >= 15 is 0 Å². The van der Waals surface area contributed by atoms with Gasteiger partial charge in [-0.1, -0.05) is 0 Å². The second-order valence-electron chi connectivity index (χ2n) is 5.11. The highest BCUT2D eigenvalue weighted by molar-refractivity contribution is 5.27. The van der Waals surface area contributed by atoms with Crippen molar-refractivity contribution in [3.05, 3.63) is 34.9 Å². The molecule has 0 saturated carbocycles. The Morgan fingerprint density at radius 2 is 2.00 bits per heavy atom. The first-order valence-electron chi connectivity index (χ1n) is 6.71. The Morgan fingerprint density at radius 3 is 2.53 bits per heavy atom. The van der Waals surface area contributed by atoms with E-state index in [-0.39, 0.29) is 0 Å². The summed E-state index contributed by atoms with van der Waals surface area (Å²) < 4.78 is 3.79. The molecule has 0 aliphatic carbocycles. The first-order chi connectivity index (χ1) is 8.99. The molecule has 0 amide bonds. The van der Waals surface area contributed by atoms with Crippen molar-refractivity contribution < 1.29 is 0 Å². The highest BCUT2D eigenvalue weighted by atomic mass is 15.3. The van der Waals surface area contributed by atoms with Crippen molar-refractivity contribution in [3.8, 4) is 0 Å². The number of rotatable bonds is 5. The third kappa shape index (κ3) is 3.04. The van der Waals surface area contributed by atoms with E-state index < -0.39 is 0 Å². The summed E-state index contributed by atoms with van der Waals surface area (Å²) in [6.07, 6.45) is 2.93. The van der Waals surface area contributed by atoms with Gasteiger partial charge in [0.15, 0.2) is 0 Å². The van der Waals surface area contributed by atoms with Crippen molar-refractivity contribution in [3.63, 3.8) is 0 Å². The Bertz CT molecular complexity index is 552. The Hall–Kier alpha value is -1.62.